The molecule has 2 aliphatic rings. The molecule has 0 aliphatic carbocycles. The molecule has 8 heteroatoms. The second-order valence-electron chi connectivity index (χ2n) is 9.23. The van der Waals surface area contributed by atoms with E-state index in [-0.39, 0.29) is 5.91 Å². The number of amides is 1. The Balaban J connectivity index is 1.14. The van der Waals surface area contributed by atoms with Gasteiger partial charge in [-0.2, -0.15) is 0 Å². The zero-order valence-corrected chi connectivity index (χ0v) is 21.1. The van der Waals surface area contributed by atoms with Crippen LogP contribution in [0.4, 0.5) is 5.82 Å². The van der Waals surface area contributed by atoms with Crippen molar-refractivity contribution in [1.82, 2.24) is 19.8 Å². The Bertz CT molecular complexity index is 1100. The van der Waals surface area contributed by atoms with Crippen molar-refractivity contribution in [3.63, 3.8) is 0 Å². The molecule has 0 N–H and O–H groups in total. The molecule has 0 spiro atoms. The van der Waals surface area contributed by atoms with Gasteiger partial charge >= 0.3 is 0 Å². The van der Waals surface area contributed by atoms with Crippen LogP contribution in [0.1, 0.15) is 30.3 Å². The highest BCUT2D eigenvalue weighted by molar-refractivity contribution is 7.13. The summed E-state index contributed by atoms with van der Waals surface area (Å²) in [6.45, 7) is 9.38. The van der Waals surface area contributed by atoms with Crippen LogP contribution in [-0.2, 0) is 0 Å². The van der Waals surface area contributed by atoms with Gasteiger partial charge in [0, 0.05) is 63.0 Å². The van der Waals surface area contributed by atoms with Crippen LogP contribution in [0.25, 0.3) is 10.6 Å². The van der Waals surface area contributed by atoms with Gasteiger partial charge in [-0.15, -0.1) is 11.3 Å². The number of hydrogen-bond acceptors (Lipinski definition) is 7. The van der Waals surface area contributed by atoms with Crippen molar-refractivity contribution in [3.05, 3.63) is 59.7 Å². The van der Waals surface area contributed by atoms with Crippen LogP contribution in [0.15, 0.2) is 54.0 Å². The molecule has 3 aromatic rings. The summed E-state index contributed by atoms with van der Waals surface area (Å²) in [6.07, 6.45) is 4.09. The number of ether oxygens (including phenoxy) is 1. The summed E-state index contributed by atoms with van der Waals surface area (Å²) in [5, 5.41) is 2.77. The number of piperazine rings is 1. The molecule has 0 saturated carbocycles. The fourth-order valence-electron chi connectivity index (χ4n) is 4.99. The number of thiazole rings is 1. The lowest BCUT2D eigenvalue weighted by molar-refractivity contribution is 0.0632. The molecule has 5 rings (SSSR count). The topological polar surface area (TPSA) is 61.8 Å². The van der Waals surface area contributed by atoms with E-state index in [1.54, 1.807) is 0 Å². The van der Waals surface area contributed by atoms with E-state index in [4.69, 9.17) is 4.74 Å². The minimum absolute atomic E-state index is 0.0584. The van der Waals surface area contributed by atoms with Crippen molar-refractivity contribution in [2.24, 2.45) is 5.92 Å². The first-order chi connectivity index (χ1) is 17.2. The summed E-state index contributed by atoms with van der Waals surface area (Å²) in [5.41, 5.74) is 1.57. The maximum Gasteiger partial charge on any atom is 0.273 e. The Morgan fingerprint density at radius 3 is 2.66 bits per heavy atom. The first-order valence-electron chi connectivity index (χ1n) is 12.6. The maximum absolute atomic E-state index is 13.2. The standard InChI is InChI=1S/C27H33N5O2S/c1-2-34-23-10-8-22(9-11-23)26-29-24(20-35-26)27(33)32-13-5-6-21(19-32)18-30-14-16-31(17-15-30)25-7-3-4-12-28-25/h3-4,7-12,20-21H,2,5-6,13-19H2,1H3. The Hall–Kier alpha value is -2.97. The van der Waals surface area contributed by atoms with E-state index in [0.29, 0.717) is 18.2 Å². The van der Waals surface area contributed by atoms with Gasteiger partial charge in [0.25, 0.3) is 5.91 Å². The number of hydrogen-bond donors (Lipinski definition) is 0. The molecule has 184 valence electrons. The minimum Gasteiger partial charge on any atom is -0.494 e. The first kappa shape index (κ1) is 23.8. The van der Waals surface area contributed by atoms with Crippen molar-refractivity contribution in [2.75, 3.05) is 57.3 Å². The van der Waals surface area contributed by atoms with Gasteiger partial charge in [0.2, 0.25) is 0 Å². The van der Waals surface area contributed by atoms with Gasteiger partial charge in [-0.3, -0.25) is 9.69 Å². The van der Waals surface area contributed by atoms with Gasteiger partial charge in [-0.1, -0.05) is 6.07 Å². The maximum atomic E-state index is 13.2. The molecule has 0 bridgehead atoms. The van der Waals surface area contributed by atoms with Gasteiger partial charge in [0.1, 0.15) is 22.3 Å². The summed E-state index contributed by atoms with van der Waals surface area (Å²) >= 11 is 1.52. The van der Waals surface area contributed by atoms with E-state index in [0.717, 1.165) is 74.4 Å². The molecule has 1 unspecified atom stereocenters. The predicted molar refractivity (Wildman–Crippen MR) is 140 cm³/mol. The summed E-state index contributed by atoms with van der Waals surface area (Å²) in [5.74, 6) is 2.48. The lowest BCUT2D eigenvalue weighted by Gasteiger charge is -2.39. The Morgan fingerprint density at radius 1 is 1.09 bits per heavy atom. The first-order valence-corrected chi connectivity index (χ1v) is 13.4. The van der Waals surface area contributed by atoms with Crippen LogP contribution in [-0.4, -0.2) is 78.1 Å². The molecule has 4 heterocycles. The molecule has 2 saturated heterocycles. The second-order valence-corrected chi connectivity index (χ2v) is 10.1. The van der Waals surface area contributed by atoms with E-state index in [9.17, 15) is 4.79 Å². The highest BCUT2D eigenvalue weighted by Crippen LogP contribution is 2.27. The molecule has 2 aromatic heterocycles. The fraction of sp³-hybridized carbons (Fsp3) is 0.444. The molecule has 1 amide bonds. The number of aromatic nitrogens is 2. The Morgan fingerprint density at radius 2 is 1.91 bits per heavy atom. The zero-order chi connectivity index (χ0) is 24.0. The molecular weight excluding hydrogens is 458 g/mol. The van der Waals surface area contributed by atoms with Gasteiger partial charge < -0.3 is 14.5 Å². The summed E-state index contributed by atoms with van der Waals surface area (Å²) < 4.78 is 5.52. The Labute approximate surface area is 211 Å². The van der Waals surface area contributed by atoms with Crippen LogP contribution in [0.3, 0.4) is 0 Å². The van der Waals surface area contributed by atoms with Gasteiger partial charge in [0.15, 0.2) is 0 Å². The van der Waals surface area contributed by atoms with Crippen LogP contribution in [0.2, 0.25) is 0 Å². The zero-order valence-electron chi connectivity index (χ0n) is 20.3. The number of carbonyl (C=O) groups excluding carboxylic acids is 1. The Kier molecular flexibility index (Phi) is 7.59. The lowest BCUT2D eigenvalue weighted by atomic mass is 9.97. The lowest BCUT2D eigenvalue weighted by Crippen LogP contribution is -2.50. The minimum atomic E-state index is 0.0584. The van der Waals surface area contributed by atoms with Gasteiger partial charge in [0.05, 0.1) is 6.61 Å². The molecule has 2 aliphatic heterocycles. The van der Waals surface area contributed by atoms with Crippen molar-refractivity contribution < 1.29 is 9.53 Å². The predicted octanol–water partition coefficient (Wildman–Crippen LogP) is 4.28. The summed E-state index contributed by atoms with van der Waals surface area (Å²) in [4.78, 5) is 29.3. The molecule has 7 nitrogen and oxygen atoms in total. The van der Waals surface area contributed by atoms with Crippen molar-refractivity contribution >= 4 is 23.1 Å². The molecule has 2 fully saturated rings. The summed E-state index contributed by atoms with van der Waals surface area (Å²) in [7, 11) is 0. The fourth-order valence-corrected chi connectivity index (χ4v) is 5.79. The number of carbonyl (C=O) groups is 1. The molecular formula is C27H33N5O2S. The van der Waals surface area contributed by atoms with Crippen molar-refractivity contribution in [3.8, 4) is 16.3 Å². The quantitative estimate of drug-likeness (QED) is 0.492. The van der Waals surface area contributed by atoms with Crippen molar-refractivity contribution in [1.29, 1.82) is 0 Å². The number of anilines is 1. The average Bonchev–Trinajstić information content (AvgIpc) is 3.40. The van der Waals surface area contributed by atoms with Crippen LogP contribution in [0.5, 0.6) is 5.75 Å². The SMILES string of the molecule is CCOc1ccc(-c2nc(C(=O)N3CCCC(CN4CCN(c5ccccn5)CC4)C3)cs2)cc1. The van der Waals surface area contributed by atoms with Crippen molar-refractivity contribution in [2.45, 2.75) is 19.8 Å². The molecule has 1 atom stereocenters. The smallest absolute Gasteiger partial charge is 0.273 e. The monoisotopic (exact) mass is 491 g/mol. The second kappa shape index (κ2) is 11.2. The number of likely N-dealkylation sites (tertiary alicyclic amines) is 1. The molecule has 0 radical (unpaired) electrons. The van der Waals surface area contributed by atoms with E-state index in [1.807, 2.05) is 59.8 Å². The third kappa shape index (κ3) is 5.82. The van der Waals surface area contributed by atoms with E-state index >= 15 is 0 Å². The van der Waals surface area contributed by atoms with E-state index < -0.39 is 0 Å². The van der Waals surface area contributed by atoms with E-state index in [1.165, 1.54) is 17.8 Å². The largest absolute Gasteiger partial charge is 0.494 e. The number of piperidine rings is 1. The van der Waals surface area contributed by atoms with E-state index in [2.05, 4.69) is 25.8 Å². The molecule has 1 aromatic carbocycles. The van der Waals surface area contributed by atoms with Crippen LogP contribution < -0.4 is 9.64 Å². The number of pyridine rings is 1. The van der Waals surface area contributed by atoms with Gasteiger partial charge in [-0.25, -0.2) is 9.97 Å². The number of nitrogens with zero attached hydrogens (tertiary/aromatic N) is 5. The van der Waals surface area contributed by atoms with Gasteiger partial charge in [-0.05, 0) is 62.1 Å². The molecule has 35 heavy (non-hydrogen) atoms. The normalized spacial score (nSPS) is 19.1. The summed E-state index contributed by atoms with van der Waals surface area (Å²) in [6, 6.07) is 14.0. The number of benzene rings is 1. The third-order valence-corrected chi connectivity index (χ3v) is 7.70. The third-order valence-electron chi connectivity index (χ3n) is 6.80. The highest BCUT2D eigenvalue weighted by atomic mass is 32.1. The number of rotatable bonds is 7. The van der Waals surface area contributed by atoms with Crippen LogP contribution >= 0.6 is 11.3 Å². The highest BCUT2D eigenvalue weighted by Gasteiger charge is 2.28. The van der Waals surface area contributed by atoms with Crippen LogP contribution in [0, 0.1) is 5.92 Å². The average molecular weight is 492 g/mol.